The summed E-state index contributed by atoms with van der Waals surface area (Å²) < 4.78 is 25.8. The van der Waals surface area contributed by atoms with Crippen LogP contribution in [0.5, 0.6) is 0 Å². The van der Waals surface area contributed by atoms with E-state index in [0.717, 1.165) is 0 Å². The zero-order chi connectivity index (χ0) is 13.7. The van der Waals surface area contributed by atoms with Crippen LogP contribution < -0.4 is 10.6 Å². The summed E-state index contributed by atoms with van der Waals surface area (Å²) in [5, 5.41) is 5.31. The van der Waals surface area contributed by atoms with Crippen molar-refractivity contribution in [2.75, 3.05) is 17.2 Å². The molecule has 0 saturated heterocycles. The lowest BCUT2D eigenvalue weighted by atomic mass is 10.3. The van der Waals surface area contributed by atoms with Crippen molar-refractivity contribution in [3.05, 3.63) is 60.2 Å². The lowest BCUT2D eigenvalue weighted by molar-refractivity contribution is -0.114. The molecule has 2 rings (SSSR count). The van der Waals surface area contributed by atoms with Gasteiger partial charge in [-0.3, -0.25) is 4.79 Å². The Morgan fingerprint density at radius 3 is 2.16 bits per heavy atom. The molecule has 0 radical (unpaired) electrons. The summed E-state index contributed by atoms with van der Waals surface area (Å²) in [6.07, 6.45) is 0. The SMILES string of the molecule is O=C(CNc1cccc(F)c1)Nc1cccc(F)c1. The van der Waals surface area contributed by atoms with Gasteiger partial charge in [0.1, 0.15) is 11.6 Å². The number of nitrogens with one attached hydrogen (secondary N) is 2. The normalized spacial score (nSPS) is 10.0. The maximum Gasteiger partial charge on any atom is 0.243 e. The van der Waals surface area contributed by atoms with Crippen molar-refractivity contribution in [1.29, 1.82) is 0 Å². The minimum absolute atomic E-state index is 0.0278. The van der Waals surface area contributed by atoms with E-state index in [0.29, 0.717) is 11.4 Å². The molecular formula is C14H12F2N2O. The zero-order valence-corrected chi connectivity index (χ0v) is 9.99. The molecule has 0 fully saturated rings. The highest BCUT2D eigenvalue weighted by Gasteiger charge is 2.03. The van der Waals surface area contributed by atoms with Crippen LogP contribution in [0.1, 0.15) is 0 Å². The fourth-order valence-electron chi connectivity index (χ4n) is 1.55. The van der Waals surface area contributed by atoms with Crippen molar-refractivity contribution in [3.63, 3.8) is 0 Å². The minimum Gasteiger partial charge on any atom is -0.376 e. The summed E-state index contributed by atoms with van der Waals surface area (Å²) in [6, 6.07) is 11.4. The topological polar surface area (TPSA) is 41.1 Å². The molecule has 98 valence electrons. The summed E-state index contributed by atoms with van der Waals surface area (Å²) in [6.45, 7) is -0.0278. The van der Waals surface area contributed by atoms with Crippen LogP contribution in [0.4, 0.5) is 20.2 Å². The number of carbonyl (C=O) groups is 1. The van der Waals surface area contributed by atoms with Gasteiger partial charge in [0.2, 0.25) is 5.91 Å². The predicted octanol–water partition coefficient (Wildman–Crippen LogP) is 3.02. The van der Waals surface area contributed by atoms with E-state index in [1.54, 1.807) is 18.2 Å². The van der Waals surface area contributed by atoms with E-state index in [1.807, 2.05) is 0 Å². The van der Waals surface area contributed by atoms with E-state index in [2.05, 4.69) is 10.6 Å². The molecule has 19 heavy (non-hydrogen) atoms. The molecule has 2 aromatic rings. The fraction of sp³-hybridized carbons (Fsp3) is 0.0714. The van der Waals surface area contributed by atoms with Crippen LogP contribution >= 0.6 is 0 Å². The van der Waals surface area contributed by atoms with E-state index < -0.39 is 5.82 Å². The molecule has 0 bridgehead atoms. The average Bonchev–Trinajstić information content (AvgIpc) is 2.36. The minimum atomic E-state index is -0.420. The molecule has 1 amide bonds. The first kappa shape index (κ1) is 13.0. The molecule has 2 aromatic carbocycles. The second-order valence-electron chi connectivity index (χ2n) is 3.92. The highest BCUT2D eigenvalue weighted by Crippen LogP contribution is 2.10. The van der Waals surface area contributed by atoms with Crippen LogP contribution in [-0.4, -0.2) is 12.5 Å². The molecule has 2 N–H and O–H groups in total. The predicted molar refractivity (Wildman–Crippen MR) is 69.9 cm³/mol. The number of benzene rings is 2. The van der Waals surface area contributed by atoms with Crippen molar-refractivity contribution < 1.29 is 13.6 Å². The van der Waals surface area contributed by atoms with Gasteiger partial charge in [-0.1, -0.05) is 12.1 Å². The number of halogens is 2. The molecule has 0 unspecified atom stereocenters. The van der Waals surface area contributed by atoms with Crippen LogP contribution in [-0.2, 0) is 4.79 Å². The molecule has 3 nitrogen and oxygen atoms in total. The van der Waals surface area contributed by atoms with E-state index >= 15 is 0 Å². The van der Waals surface area contributed by atoms with Gasteiger partial charge in [-0.05, 0) is 36.4 Å². The van der Waals surface area contributed by atoms with Crippen molar-refractivity contribution in [2.24, 2.45) is 0 Å². The van der Waals surface area contributed by atoms with Gasteiger partial charge in [0, 0.05) is 11.4 Å². The molecule has 0 saturated carbocycles. The number of hydrogen-bond donors (Lipinski definition) is 2. The van der Waals surface area contributed by atoms with Crippen LogP contribution in [0.2, 0.25) is 0 Å². The Morgan fingerprint density at radius 2 is 1.53 bits per heavy atom. The Hall–Kier alpha value is -2.43. The van der Waals surface area contributed by atoms with Crippen LogP contribution in [0.3, 0.4) is 0 Å². The number of hydrogen-bond acceptors (Lipinski definition) is 2. The first-order valence-electron chi connectivity index (χ1n) is 5.68. The Bertz CT molecular complexity index is 587. The van der Waals surface area contributed by atoms with Crippen molar-refractivity contribution in [3.8, 4) is 0 Å². The number of anilines is 2. The second-order valence-corrected chi connectivity index (χ2v) is 3.92. The molecule has 5 heteroatoms. The van der Waals surface area contributed by atoms with E-state index in [9.17, 15) is 13.6 Å². The number of rotatable bonds is 4. The van der Waals surface area contributed by atoms with Crippen LogP contribution in [0.25, 0.3) is 0 Å². The van der Waals surface area contributed by atoms with Gasteiger partial charge in [-0.25, -0.2) is 8.78 Å². The summed E-state index contributed by atoms with van der Waals surface area (Å²) in [4.78, 5) is 11.6. The monoisotopic (exact) mass is 262 g/mol. The van der Waals surface area contributed by atoms with Gasteiger partial charge in [-0.15, -0.1) is 0 Å². The molecule has 0 heterocycles. The largest absolute Gasteiger partial charge is 0.376 e. The number of carbonyl (C=O) groups excluding carboxylic acids is 1. The molecule has 0 atom stereocenters. The van der Waals surface area contributed by atoms with Crippen LogP contribution in [0, 0.1) is 11.6 Å². The summed E-state index contributed by atoms with van der Waals surface area (Å²) in [5.74, 6) is -1.14. The highest BCUT2D eigenvalue weighted by molar-refractivity contribution is 5.93. The van der Waals surface area contributed by atoms with E-state index in [1.165, 1.54) is 30.3 Å². The Labute approximate surface area is 109 Å². The summed E-state index contributed by atoms with van der Waals surface area (Å²) in [7, 11) is 0. The number of amides is 1. The van der Waals surface area contributed by atoms with Gasteiger partial charge in [0.15, 0.2) is 0 Å². The summed E-state index contributed by atoms with van der Waals surface area (Å²) in [5.41, 5.74) is 0.889. The van der Waals surface area contributed by atoms with Gasteiger partial charge < -0.3 is 10.6 Å². The molecular weight excluding hydrogens is 250 g/mol. The third kappa shape index (κ3) is 4.06. The van der Waals surface area contributed by atoms with Crippen molar-refractivity contribution in [1.82, 2.24) is 0 Å². The standard InChI is InChI=1S/C14H12F2N2O/c15-10-3-1-5-12(7-10)17-9-14(19)18-13-6-2-4-11(16)8-13/h1-8,17H,9H2,(H,18,19). The van der Waals surface area contributed by atoms with E-state index in [4.69, 9.17) is 0 Å². The van der Waals surface area contributed by atoms with Crippen LogP contribution in [0.15, 0.2) is 48.5 Å². The second kappa shape index (κ2) is 5.95. The average molecular weight is 262 g/mol. The Kier molecular flexibility index (Phi) is 4.07. The maximum atomic E-state index is 12.9. The van der Waals surface area contributed by atoms with Gasteiger partial charge in [0.25, 0.3) is 0 Å². The Morgan fingerprint density at radius 1 is 0.947 bits per heavy atom. The van der Waals surface area contributed by atoms with Gasteiger partial charge in [-0.2, -0.15) is 0 Å². The molecule has 0 aliphatic rings. The Balaban J connectivity index is 1.88. The first-order chi connectivity index (χ1) is 9.13. The quantitative estimate of drug-likeness (QED) is 0.889. The third-order valence-corrected chi connectivity index (χ3v) is 2.39. The van der Waals surface area contributed by atoms with Gasteiger partial charge >= 0.3 is 0 Å². The molecule has 0 aliphatic carbocycles. The smallest absolute Gasteiger partial charge is 0.243 e. The van der Waals surface area contributed by atoms with Crippen molar-refractivity contribution >= 4 is 17.3 Å². The summed E-state index contributed by atoms with van der Waals surface area (Å²) >= 11 is 0. The maximum absolute atomic E-state index is 12.9. The van der Waals surface area contributed by atoms with Crippen molar-refractivity contribution in [2.45, 2.75) is 0 Å². The fourth-order valence-corrected chi connectivity index (χ4v) is 1.55. The zero-order valence-electron chi connectivity index (χ0n) is 9.99. The molecule has 0 spiro atoms. The van der Waals surface area contributed by atoms with Gasteiger partial charge in [0.05, 0.1) is 6.54 Å². The lowest BCUT2D eigenvalue weighted by Crippen LogP contribution is -2.21. The highest BCUT2D eigenvalue weighted by atomic mass is 19.1. The van der Waals surface area contributed by atoms with E-state index in [-0.39, 0.29) is 18.3 Å². The molecule has 0 aromatic heterocycles. The third-order valence-electron chi connectivity index (χ3n) is 2.39. The first-order valence-corrected chi connectivity index (χ1v) is 5.68. The molecule has 0 aliphatic heterocycles. The lowest BCUT2D eigenvalue weighted by Gasteiger charge is -2.07.